The first kappa shape index (κ1) is 8.52. The summed E-state index contributed by atoms with van der Waals surface area (Å²) < 4.78 is 0. The molecule has 12 heavy (non-hydrogen) atoms. The number of hydrogen-bond donors (Lipinski definition) is 2. The van der Waals surface area contributed by atoms with Crippen LogP contribution in [0.1, 0.15) is 39.0 Å². The zero-order chi connectivity index (χ0) is 8.60. The molecule has 2 fully saturated rings. The molecule has 1 unspecified atom stereocenters. The third kappa shape index (κ3) is 1.27. The predicted octanol–water partition coefficient (Wildman–Crippen LogP) is 1.29. The lowest BCUT2D eigenvalue weighted by atomic mass is 9.75. The highest BCUT2D eigenvalue weighted by atomic mass is 16.3. The molecular formula is C10H19NO. The summed E-state index contributed by atoms with van der Waals surface area (Å²) in [6.07, 6.45) is 5.79. The predicted molar refractivity (Wildman–Crippen MR) is 49.0 cm³/mol. The lowest BCUT2D eigenvalue weighted by molar-refractivity contribution is 0.0606. The summed E-state index contributed by atoms with van der Waals surface area (Å²) in [7, 11) is 0. The summed E-state index contributed by atoms with van der Waals surface area (Å²) in [6.45, 7) is 3.32. The number of aliphatic hydroxyl groups is 1. The van der Waals surface area contributed by atoms with E-state index in [2.05, 4.69) is 12.2 Å². The van der Waals surface area contributed by atoms with Crippen molar-refractivity contribution in [2.45, 2.75) is 50.7 Å². The Kier molecular flexibility index (Phi) is 2.13. The highest BCUT2D eigenvalue weighted by molar-refractivity contribution is 5.02. The highest BCUT2D eigenvalue weighted by Crippen LogP contribution is 2.37. The second-order valence-electron chi connectivity index (χ2n) is 4.57. The van der Waals surface area contributed by atoms with Gasteiger partial charge in [0.05, 0.1) is 6.10 Å². The Bertz CT molecular complexity index is 161. The van der Waals surface area contributed by atoms with Gasteiger partial charge in [0.2, 0.25) is 0 Å². The van der Waals surface area contributed by atoms with E-state index in [9.17, 15) is 5.11 Å². The van der Waals surface area contributed by atoms with Crippen molar-refractivity contribution in [1.82, 2.24) is 5.32 Å². The summed E-state index contributed by atoms with van der Waals surface area (Å²) in [5.74, 6) is 0.866. The van der Waals surface area contributed by atoms with Gasteiger partial charge in [-0.25, -0.2) is 0 Å². The molecule has 0 bridgehead atoms. The summed E-state index contributed by atoms with van der Waals surface area (Å²) >= 11 is 0. The molecule has 2 heteroatoms. The Balaban J connectivity index is 2.02. The van der Waals surface area contributed by atoms with Crippen LogP contribution in [0.4, 0.5) is 0 Å². The van der Waals surface area contributed by atoms with Crippen molar-refractivity contribution in [3.63, 3.8) is 0 Å². The second-order valence-corrected chi connectivity index (χ2v) is 4.57. The molecule has 0 amide bonds. The fourth-order valence-electron chi connectivity index (χ4n) is 2.64. The van der Waals surface area contributed by atoms with Gasteiger partial charge >= 0.3 is 0 Å². The van der Waals surface area contributed by atoms with Crippen LogP contribution in [0.5, 0.6) is 0 Å². The molecule has 0 radical (unpaired) electrons. The molecule has 0 aromatic carbocycles. The largest absolute Gasteiger partial charge is 0.391 e. The maximum atomic E-state index is 9.83. The summed E-state index contributed by atoms with van der Waals surface area (Å²) in [4.78, 5) is 0. The third-order valence-electron chi connectivity index (χ3n) is 3.70. The Morgan fingerprint density at radius 3 is 2.42 bits per heavy atom. The molecule has 1 saturated carbocycles. The van der Waals surface area contributed by atoms with Crippen LogP contribution in [0.2, 0.25) is 0 Å². The molecule has 2 nitrogen and oxygen atoms in total. The van der Waals surface area contributed by atoms with Crippen molar-refractivity contribution >= 4 is 0 Å². The van der Waals surface area contributed by atoms with Crippen molar-refractivity contribution in [2.24, 2.45) is 5.92 Å². The van der Waals surface area contributed by atoms with Gasteiger partial charge < -0.3 is 10.4 Å². The molecule has 1 aliphatic carbocycles. The van der Waals surface area contributed by atoms with Crippen LogP contribution in [0.3, 0.4) is 0 Å². The smallest absolute Gasteiger partial charge is 0.0733 e. The van der Waals surface area contributed by atoms with Gasteiger partial charge in [0, 0.05) is 5.54 Å². The maximum absolute atomic E-state index is 9.83. The molecule has 70 valence electrons. The molecular weight excluding hydrogens is 150 g/mol. The van der Waals surface area contributed by atoms with Gasteiger partial charge in [0.1, 0.15) is 0 Å². The van der Waals surface area contributed by atoms with Gasteiger partial charge in [-0.1, -0.05) is 6.92 Å². The van der Waals surface area contributed by atoms with E-state index in [0.29, 0.717) is 0 Å². The monoisotopic (exact) mass is 169 g/mol. The summed E-state index contributed by atoms with van der Waals surface area (Å²) in [6, 6.07) is 0. The van der Waals surface area contributed by atoms with E-state index in [1.54, 1.807) is 0 Å². The van der Waals surface area contributed by atoms with Crippen LogP contribution < -0.4 is 5.32 Å². The molecule has 1 saturated heterocycles. The lowest BCUT2D eigenvalue weighted by Crippen LogP contribution is -2.50. The number of aliphatic hydroxyl groups excluding tert-OH is 1. The Morgan fingerprint density at radius 1 is 1.25 bits per heavy atom. The van der Waals surface area contributed by atoms with Crippen LogP contribution in [-0.2, 0) is 0 Å². The summed E-state index contributed by atoms with van der Waals surface area (Å²) in [5, 5.41) is 13.3. The van der Waals surface area contributed by atoms with E-state index in [-0.39, 0.29) is 11.6 Å². The minimum absolute atomic E-state index is 0.0787. The van der Waals surface area contributed by atoms with Gasteiger partial charge in [-0.3, -0.25) is 0 Å². The first-order chi connectivity index (χ1) is 5.73. The molecule has 1 aliphatic heterocycles. The van der Waals surface area contributed by atoms with E-state index in [0.717, 1.165) is 18.9 Å². The number of rotatable bonds is 0. The average molecular weight is 169 g/mol. The van der Waals surface area contributed by atoms with Crippen molar-refractivity contribution in [3.05, 3.63) is 0 Å². The fraction of sp³-hybridized carbons (Fsp3) is 1.00. The molecule has 2 N–H and O–H groups in total. The van der Waals surface area contributed by atoms with Crippen molar-refractivity contribution in [3.8, 4) is 0 Å². The van der Waals surface area contributed by atoms with E-state index in [4.69, 9.17) is 0 Å². The third-order valence-corrected chi connectivity index (χ3v) is 3.70. The van der Waals surface area contributed by atoms with Gasteiger partial charge in [-0.05, 0) is 44.6 Å². The lowest BCUT2D eigenvalue weighted by Gasteiger charge is -2.38. The van der Waals surface area contributed by atoms with E-state index < -0.39 is 0 Å². The van der Waals surface area contributed by atoms with Crippen molar-refractivity contribution in [2.75, 3.05) is 6.54 Å². The van der Waals surface area contributed by atoms with Crippen LogP contribution in [0.25, 0.3) is 0 Å². The Labute approximate surface area is 74.4 Å². The average Bonchev–Trinajstić information content (AvgIpc) is 2.41. The molecule has 1 atom stereocenters. The quantitative estimate of drug-likeness (QED) is 0.572. The first-order valence-corrected chi connectivity index (χ1v) is 5.16. The van der Waals surface area contributed by atoms with Gasteiger partial charge in [-0.15, -0.1) is 0 Å². The number of hydrogen-bond acceptors (Lipinski definition) is 2. The zero-order valence-electron chi connectivity index (χ0n) is 7.84. The fourth-order valence-corrected chi connectivity index (χ4v) is 2.64. The van der Waals surface area contributed by atoms with Crippen molar-refractivity contribution < 1.29 is 5.11 Å². The molecule has 1 heterocycles. The van der Waals surface area contributed by atoms with E-state index in [1.807, 2.05) is 0 Å². The van der Waals surface area contributed by atoms with Crippen LogP contribution >= 0.6 is 0 Å². The Morgan fingerprint density at radius 2 is 1.92 bits per heavy atom. The van der Waals surface area contributed by atoms with Crippen LogP contribution in [0, 0.1) is 5.92 Å². The van der Waals surface area contributed by atoms with Gasteiger partial charge in [0.15, 0.2) is 0 Å². The van der Waals surface area contributed by atoms with E-state index in [1.165, 1.54) is 25.7 Å². The minimum Gasteiger partial charge on any atom is -0.391 e. The van der Waals surface area contributed by atoms with E-state index >= 15 is 0 Å². The van der Waals surface area contributed by atoms with Crippen LogP contribution in [-0.4, -0.2) is 23.3 Å². The normalized spacial score (nSPS) is 48.5. The second kappa shape index (κ2) is 3.00. The molecule has 0 aromatic rings. The summed E-state index contributed by atoms with van der Waals surface area (Å²) in [5.41, 5.74) is 0.118. The maximum Gasteiger partial charge on any atom is 0.0733 e. The molecule has 1 spiro atoms. The Hall–Kier alpha value is -0.0800. The first-order valence-electron chi connectivity index (χ1n) is 5.16. The van der Waals surface area contributed by atoms with Crippen molar-refractivity contribution in [1.29, 1.82) is 0 Å². The van der Waals surface area contributed by atoms with Gasteiger partial charge in [0.25, 0.3) is 0 Å². The standard InChI is InChI=1S/C10H19NO/c1-8-2-5-10(6-3-8)9(12)4-7-11-10/h8-9,11-12H,2-7H2,1H3. The topological polar surface area (TPSA) is 32.3 Å². The SMILES string of the molecule is CC1CCC2(CC1)NCCC2O. The van der Waals surface area contributed by atoms with Crippen LogP contribution in [0.15, 0.2) is 0 Å². The van der Waals surface area contributed by atoms with Gasteiger partial charge in [-0.2, -0.15) is 0 Å². The zero-order valence-corrected chi connectivity index (χ0v) is 7.84. The molecule has 2 rings (SSSR count). The highest BCUT2D eigenvalue weighted by Gasteiger charge is 2.43. The molecule has 2 aliphatic rings. The number of nitrogens with one attached hydrogen (secondary N) is 1. The molecule has 0 aromatic heterocycles. The minimum atomic E-state index is -0.0787.